The molecule has 0 spiro atoms. The normalized spacial score (nSPS) is 11.5. The molecule has 8 heteroatoms. The van der Waals surface area contributed by atoms with Gasteiger partial charge < -0.3 is 0 Å². The van der Waals surface area contributed by atoms with E-state index in [0.29, 0.717) is 5.56 Å². The first-order valence-corrected chi connectivity index (χ1v) is 10.1. The number of nitrogens with zero attached hydrogens (tertiary/aromatic N) is 2. The summed E-state index contributed by atoms with van der Waals surface area (Å²) in [5, 5.41) is 0.801. The standard InChI is InChI=1S/C18H17N3O3S2/c1-12-17(25-18(21-12)15-4-3-9-19-10-15)11-20-26(23,24)16-7-5-14(6-8-16)13(2)22/h3-10,20H,11H2,1-2H3. The molecule has 1 aromatic carbocycles. The van der Waals surface area contributed by atoms with Gasteiger partial charge in [-0.05, 0) is 38.1 Å². The van der Waals surface area contributed by atoms with Crippen LogP contribution in [0.4, 0.5) is 0 Å². The minimum Gasteiger partial charge on any atom is -0.295 e. The fourth-order valence-corrected chi connectivity index (χ4v) is 4.40. The molecule has 0 saturated heterocycles. The molecule has 2 aromatic heterocycles. The molecule has 0 bridgehead atoms. The van der Waals surface area contributed by atoms with Crippen LogP contribution < -0.4 is 4.72 Å². The molecule has 134 valence electrons. The van der Waals surface area contributed by atoms with Crippen molar-refractivity contribution >= 4 is 27.1 Å². The fourth-order valence-electron chi connectivity index (χ4n) is 2.32. The highest BCUT2D eigenvalue weighted by Crippen LogP contribution is 2.27. The Balaban J connectivity index is 1.76. The summed E-state index contributed by atoms with van der Waals surface area (Å²) in [6.07, 6.45) is 3.42. The van der Waals surface area contributed by atoms with Crippen molar-refractivity contribution in [3.05, 3.63) is 64.9 Å². The number of Topliss-reactive ketones (excluding diaryl/α,β-unsaturated/α-hetero) is 1. The number of hydrogen-bond donors (Lipinski definition) is 1. The lowest BCUT2D eigenvalue weighted by atomic mass is 10.2. The van der Waals surface area contributed by atoms with Crippen molar-refractivity contribution in [2.75, 3.05) is 0 Å². The first-order valence-electron chi connectivity index (χ1n) is 7.84. The van der Waals surface area contributed by atoms with E-state index >= 15 is 0 Å². The molecule has 0 aliphatic rings. The van der Waals surface area contributed by atoms with Crippen molar-refractivity contribution < 1.29 is 13.2 Å². The smallest absolute Gasteiger partial charge is 0.240 e. The number of carbonyl (C=O) groups is 1. The number of pyridine rings is 1. The molecule has 6 nitrogen and oxygen atoms in total. The van der Waals surface area contributed by atoms with Gasteiger partial charge in [-0.15, -0.1) is 11.3 Å². The van der Waals surface area contributed by atoms with Gasteiger partial charge in [-0.2, -0.15) is 0 Å². The molecule has 0 aliphatic heterocycles. The van der Waals surface area contributed by atoms with E-state index in [0.717, 1.165) is 21.1 Å². The van der Waals surface area contributed by atoms with E-state index in [2.05, 4.69) is 14.7 Å². The van der Waals surface area contributed by atoms with Crippen molar-refractivity contribution in [1.82, 2.24) is 14.7 Å². The number of hydrogen-bond acceptors (Lipinski definition) is 6. The lowest BCUT2D eigenvalue weighted by molar-refractivity contribution is 0.101. The second-order valence-electron chi connectivity index (χ2n) is 5.67. The number of benzene rings is 1. The summed E-state index contributed by atoms with van der Waals surface area (Å²) in [5.41, 5.74) is 2.15. The SMILES string of the molecule is CC(=O)c1ccc(S(=O)(=O)NCc2sc(-c3cccnc3)nc2C)cc1. The monoisotopic (exact) mass is 387 g/mol. The number of thiazole rings is 1. The van der Waals surface area contributed by atoms with Crippen molar-refractivity contribution in [3.63, 3.8) is 0 Å². The van der Waals surface area contributed by atoms with Crippen molar-refractivity contribution in [2.24, 2.45) is 0 Å². The van der Waals surface area contributed by atoms with Gasteiger partial charge in [-0.1, -0.05) is 12.1 Å². The fraction of sp³-hybridized carbons (Fsp3) is 0.167. The van der Waals surface area contributed by atoms with E-state index in [-0.39, 0.29) is 17.2 Å². The zero-order valence-electron chi connectivity index (χ0n) is 14.3. The second kappa shape index (κ2) is 7.45. The number of ketones is 1. The van der Waals surface area contributed by atoms with Crippen LogP contribution in [0, 0.1) is 6.92 Å². The Morgan fingerprint density at radius 3 is 2.54 bits per heavy atom. The van der Waals surface area contributed by atoms with E-state index in [9.17, 15) is 13.2 Å². The van der Waals surface area contributed by atoms with Gasteiger partial charge in [0.1, 0.15) is 5.01 Å². The number of carbonyl (C=O) groups excluding carboxylic acids is 1. The topological polar surface area (TPSA) is 89.0 Å². The summed E-state index contributed by atoms with van der Waals surface area (Å²) >= 11 is 1.43. The highest BCUT2D eigenvalue weighted by Gasteiger charge is 2.16. The van der Waals surface area contributed by atoms with E-state index in [1.54, 1.807) is 12.4 Å². The van der Waals surface area contributed by atoms with Crippen molar-refractivity contribution in [1.29, 1.82) is 0 Å². The highest BCUT2D eigenvalue weighted by molar-refractivity contribution is 7.89. The largest absolute Gasteiger partial charge is 0.295 e. The third-order valence-electron chi connectivity index (χ3n) is 3.80. The summed E-state index contributed by atoms with van der Waals surface area (Å²) in [6, 6.07) is 9.62. The summed E-state index contributed by atoms with van der Waals surface area (Å²) in [5.74, 6) is -0.106. The molecule has 0 amide bonds. The Hall–Kier alpha value is -2.42. The Morgan fingerprint density at radius 2 is 1.92 bits per heavy atom. The molecular formula is C18H17N3O3S2. The Labute approximate surface area is 156 Å². The Morgan fingerprint density at radius 1 is 1.19 bits per heavy atom. The van der Waals surface area contributed by atoms with Crippen LogP contribution in [0.1, 0.15) is 27.9 Å². The molecule has 2 heterocycles. The molecule has 0 atom stereocenters. The number of rotatable bonds is 6. The predicted molar refractivity (Wildman–Crippen MR) is 101 cm³/mol. The van der Waals surface area contributed by atoms with Gasteiger partial charge in [0, 0.05) is 34.9 Å². The molecule has 26 heavy (non-hydrogen) atoms. The van der Waals surface area contributed by atoms with Gasteiger partial charge in [-0.25, -0.2) is 18.1 Å². The lowest BCUT2D eigenvalue weighted by Gasteiger charge is -2.06. The van der Waals surface area contributed by atoms with E-state index < -0.39 is 10.0 Å². The maximum atomic E-state index is 12.5. The van der Waals surface area contributed by atoms with Crippen LogP contribution in [-0.2, 0) is 16.6 Å². The molecule has 0 unspecified atom stereocenters. The molecule has 3 aromatic rings. The summed E-state index contributed by atoms with van der Waals surface area (Å²) in [6.45, 7) is 3.44. The Kier molecular flexibility index (Phi) is 5.26. The molecule has 1 N–H and O–H groups in total. The van der Waals surface area contributed by atoms with E-state index in [1.165, 1.54) is 42.5 Å². The first-order chi connectivity index (χ1) is 12.4. The van der Waals surface area contributed by atoms with Gasteiger partial charge in [-0.3, -0.25) is 9.78 Å². The lowest BCUT2D eigenvalue weighted by Crippen LogP contribution is -2.23. The van der Waals surface area contributed by atoms with Crippen molar-refractivity contribution in [3.8, 4) is 10.6 Å². The molecule has 0 fully saturated rings. The van der Waals surface area contributed by atoms with Crippen LogP contribution in [-0.4, -0.2) is 24.2 Å². The maximum Gasteiger partial charge on any atom is 0.240 e. The first kappa shape index (κ1) is 18.4. The molecule has 0 radical (unpaired) electrons. The average molecular weight is 387 g/mol. The van der Waals surface area contributed by atoms with Crippen molar-refractivity contribution in [2.45, 2.75) is 25.3 Å². The van der Waals surface area contributed by atoms with Crippen LogP contribution in [0.3, 0.4) is 0 Å². The zero-order valence-corrected chi connectivity index (χ0v) is 15.9. The van der Waals surface area contributed by atoms with Gasteiger partial charge in [0.25, 0.3) is 0 Å². The minimum absolute atomic E-state index is 0.106. The van der Waals surface area contributed by atoms with E-state index in [1.807, 2.05) is 19.1 Å². The average Bonchev–Trinajstić information content (AvgIpc) is 3.02. The van der Waals surface area contributed by atoms with Gasteiger partial charge in [0.05, 0.1) is 10.6 Å². The summed E-state index contributed by atoms with van der Waals surface area (Å²) in [4.78, 5) is 20.8. The third-order valence-corrected chi connectivity index (χ3v) is 6.42. The number of aromatic nitrogens is 2. The number of aryl methyl sites for hydroxylation is 1. The van der Waals surface area contributed by atoms with Crippen LogP contribution in [0.2, 0.25) is 0 Å². The Bertz CT molecular complexity index is 1030. The molecule has 3 rings (SSSR count). The van der Waals surface area contributed by atoms with Gasteiger partial charge in [0.2, 0.25) is 10.0 Å². The minimum atomic E-state index is -3.67. The number of sulfonamides is 1. The quantitative estimate of drug-likeness (QED) is 0.656. The molecule has 0 aliphatic carbocycles. The third kappa shape index (κ3) is 4.04. The maximum absolute atomic E-state index is 12.5. The summed E-state index contributed by atoms with van der Waals surface area (Å²) < 4.78 is 27.5. The highest BCUT2D eigenvalue weighted by atomic mass is 32.2. The van der Waals surface area contributed by atoms with Gasteiger partial charge >= 0.3 is 0 Å². The number of nitrogens with one attached hydrogen (secondary N) is 1. The van der Waals surface area contributed by atoms with Crippen LogP contribution in [0.25, 0.3) is 10.6 Å². The molecular weight excluding hydrogens is 370 g/mol. The van der Waals surface area contributed by atoms with Crippen LogP contribution >= 0.6 is 11.3 Å². The molecule has 0 saturated carbocycles. The van der Waals surface area contributed by atoms with Crippen LogP contribution in [0.15, 0.2) is 53.7 Å². The summed E-state index contributed by atoms with van der Waals surface area (Å²) in [7, 11) is -3.67. The van der Waals surface area contributed by atoms with Crippen LogP contribution in [0.5, 0.6) is 0 Å². The zero-order chi connectivity index (χ0) is 18.7. The van der Waals surface area contributed by atoms with E-state index in [4.69, 9.17) is 0 Å². The predicted octanol–water partition coefficient (Wildman–Crippen LogP) is 3.19. The van der Waals surface area contributed by atoms with Gasteiger partial charge in [0.15, 0.2) is 5.78 Å². The second-order valence-corrected chi connectivity index (χ2v) is 8.52.